The minimum atomic E-state index is -0.603. The number of carbonyl (C=O) groups is 2. The quantitative estimate of drug-likeness (QED) is 0.515. The number of amides is 1. The number of benzene rings is 1. The van der Waals surface area contributed by atoms with Crippen LogP contribution in [-0.2, 0) is 14.3 Å². The van der Waals surface area contributed by atoms with E-state index in [1.54, 1.807) is 12.3 Å². The SMILES string of the molecule is COC(=O)/C(=C/c1c[nH]c2cccc(Br)c12)NC=O. The van der Waals surface area contributed by atoms with E-state index in [2.05, 4.69) is 31.0 Å². The standard InChI is InChI=1S/C13H11BrN2O3/c1-19-13(18)11(16-7-17)5-8-6-15-10-4-2-3-9(14)12(8)10/h2-7,15H,1H3,(H,16,17)/b11-5-. The van der Waals surface area contributed by atoms with Gasteiger partial charge in [-0.1, -0.05) is 22.0 Å². The molecule has 0 unspecified atom stereocenters. The smallest absolute Gasteiger partial charge is 0.354 e. The van der Waals surface area contributed by atoms with Crippen molar-refractivity contribution in [1.29, 1.82) is 0 Å². The summed E-state index contributed by atoms with van der Waals surface area (Å²) < 4.78 is 5.50. The van der Waals surface area contributed by atoms with Gasteiger partial charge in [-0.2, -0.15) is 0 Å². The fourth-order valence-electron chi connectivity index (χ4n) is 1.77. The average molecular weight is 323 g/mol. The second-order valence-corrected chi connectivity index (χ2v) is 4.57. The van der Waals surface area contributed by atoms with Crippen molar-refractivity contribution in [2.75, 3.05) is 7.11 Å². The molecule has 1 aromatic carbocycles. The molecular weight excluding hydrogens is 312 g/mol. The van der Waals surface area contributed by atoms with Gasteiger partial charge in [0.15, 0.2) is 0 Å². The van der Waals surface area contributed by atoms with Crippen LogP contribution in [0, 0.1) is 0 Å². The van der Waals surface area contributed by atoms with E-state index in [0.29, 0.717) is 6.41 Å². The first-order valence-corrected chi connectivity index (χ1v) is 6.22. The van der Waals surface area contributed by atoms with E-state index < -0.39 is 5.97 Å². The Bertz CT molecular complexity index is 661. The molecule has 0 saturated heterocycles. The second-order valence-electron chi connectivity index (χ2n) is 3.72. The maximum atomic E-state index is 11.5. The normalized spacial score (nSPS) is 11.4. The van der Waals surface area contributed by atoms with Gasteiger partial charge in [0.1, 0.15) is 5.70 Å². The number of fused-ring (bicyclic) bond motifs is 1. The van der Waals surface area contributed by atoms with Gasteiger partial charge in [0.2, 0.25) is 6.41 Å². The molecule has 2 rings (SSSR count). The van der Waals surface area contributed by atoms with Gasteiger partial charge in [0.25, 0.3) is 0 Å². The lowest BCUT2D eigenvalue weighted by molar-refractivity contribution is -0.137. The van der Waals surface area contributed by atoms with Gasteiger partial charge in [0, 0.05) is 27.1 Å². The predicted molar refractivity (Wildman–Crippen MR) is 75.2 cm³/mol. The first-order valence-electron chi connectivity index (χ1n) is 5.43. The largest absolute Gasteiger partial charge is 0.464 e. The number of carbonyl (C=O) groups excluding carboxylic acids is 2. The van der Waals surface area contributed by atoms with Crippen LogP contribution in [0.3, 0.4) is 0 Å². The van der Waals surface area contributed by atoms with Gasteiger partial charge < -0.3 is 15.0 Å². The van der Waals surface area contributed by atoms with E-state index in [0.717, 1.165) is 20.9 Å². The molecule has 0 aliphatic carbocycles. The van der Waals surface area contributed by atoms with Gasteiger partial charge in [-0.25, -0.2) is 4.79 Å². The summed E-state index contributed by atoms with van der Waals surface area (Å²) in [6.07, 6.45) is 3.75. The van der Waals surface area contributed by atoms with Crippen LogP contribution < -0.4 is 5.32 Å². The third-order valence-electron chi connectivity index (χ3n) is 2.61. The summed E-state index contributed by atoms with van der Waals surface area (Å²) >= 11 is 3.45. The van der Waals surface area contributed by atoms with Crippen LogP contribution in [0.2, 0.25) is 0 Å². The highest BCUT2D eigenvalue weighted by molar-refractivity contribution is 9.10. The van der Waals surface area contributed by atoms with Crippen molar-refractivity contribution in [3.63, 3.8) is 0 Å². The fraction of sp³-hybridized carbons (Fsp3) is 0.0769. The van der Waals surface area contributed by atoms with Crippen molar-refractivity contribution < 1.29 is 14.3 Å². The molecule has 1 amide bonds. The molecule has 0 bridgehead atoms. The van der Waals surface area contributed by atoms with E-state index in [4.69, 9.17) is 0 Å². The summed E-state index contributed by atoms with van der Waals surface area (Å²) in [6.45, 7) is 0. The Morgan fingerprint density at radius 3 is 2.95 bits per heavy atom. The van der Waals surface area contributed by atoms with E-state index >= 15 is 0 Å². The fourth-order valence-corrected chi connectivity index (χ4v) is 2.36. The van der Waals surface area contributed by atoms with Crippen LogP contribution in [-0.4, -0.2) is 24.5 Å². The Hall–Kier alpha value is -2.08. The first-order chi connectivity index (χ1) is 9.17. The van der Waals surface area contributed by atoms with Crippen molar-refractivity contribution in [1.82, 2.24) is 10.3 Å². The zero-order valence-corrected chi connectivity index (χ0v) is 11.7. The summed E-state index contributed by atoms with van der Waals surface area (Å²) in [7, 11) is 1.26. The Morgan fingerprint density at radius 1 is 1.47 bits per heavy atom. The Labute approximate surface area is 117 Å². The third-order valence-corrected chi connectivity index (χ3v) is 3.27. The number of nitrogens with one attached hydrogen (secondary N) is 2. The van der Waals surface area contributed by atoms with Crippen molar-refractivity contribution in [2.24, 2.45) is 0 Å². The van der Waals surface area contributed by atoms with Gasteiger partial charge in [-0.3, -0.25) is 4.79 Å². The molecule has 1 heterocycles. The molecule has 0 radical (unpaired) electrons. The summed E-state index contributed by atoms with van der Waals surface area (Å²) in [5.41, 5.74) is 1.78. The number of H-pyrrole nitrogens is 1. The molecule has 98 valence electrons. The van der Waals surface area contributed by atoms with Crippen LogP contribution in [0.25, 0.3) is 17.0 Å². The number of ether oxygens (including phenoxy) is 1. The third kappa shape index (κ3) is 2.68. The number of hydrogen-bond acceptors (Lipinski definition) is 3. The molecule has 2 aromatic rings. The highest BCUT2D eigenvalue weighted by atomic mass is 79.9. The first kappa shape index (κ1) is 13.4. The van der Waals surface area contributed by atoms with E-state index in [1.807, 2.05) is 18.2 Å². The number of esters is 1. The van der Waals surface area contributed by atoms with E-state index in [1.165, 1.54) is 7.11 Å². The van der Waals surface area contributed by atoms with Crippen LogP contribution in [0.15, 0.2) is 34.6 Å². The summed E-state index contributed by atoms with van der Waals surface area (Å²) in [5.74, 6) is -0.603. The molecule has 19 heavy (non-hydrogen) atoms. The Balaban J connectivity index is 2.54. The lowest BCUT2D eigenvalue weighted by atomic mass is 10.1. The topological polar surface area (TPSA) is 71.2 Å². The molecule has 0 aliphatic rings. The van der Waals surface area contributed by atoms with Gasteiger partial charge in [0.05, 0.1) is 7.11 Å². The van der Waals surface area contributed by atoms with Crippen molar-refractivity contribution in [2.45, 2.75) is 0 Å². The molecule has 0 aliphatic heterocycles. The molecule has 6 heteroatoms. The predicted octanol–water partition coefficient (Wildman–Crippen LogP) is 2.19. The number of methoxy groups -OCH3 is 1. The molecule has 0 atom stereocenters. The number of aromatic amines is 1. The van der Waals surface area contributed by atoms with Gasteiger partial charge in [-0.05, 0) is 18.2 Å². The summed E-state index contributed by atoms with van der Waals surface area (Å²) in [4.78, 5) is 25.1. The number of rotatable bonds is 4. The Kier molecular flexibility index (Phi) is 4.01. The molecule has 0 saturated carbocycles. The number of aromatic nitrogens is 1. The summed E-state index contributed by atoms with van der Waals surface area (Å²) in [5, 5.41) is 3.26. The maximum absolute atomic E-state index is 11.5. The lowest BCUT2D eigenvalue weighted by Crippen LogP contribution is -2.19. The minimum Gasteiger partial charge on any atom is -0.464 e. The molecule has 5 nitrogen and oxygen atoms in total. The zero-order valence-electron chi connectivity index (χ0n) is 10.1. The average Bonchev–Trinajstić information content (AvgIpc) is 2.82. The molecule has 0 fully saturated rings. The van der Waals surface area contributed by atoms with Crippen LogP contribution >= 0.6 is 15.9 Å². The van der Waals surface area contributed by atoms with E-state index in [9.17, 15) is 9.59 Å². The summed E-state index contributed by atoms with van der Waals surface area (Å²) in [6, 6.07) is 5.72. The number of hydrogen-bond donors (Lipinski definition) is 2. The van der Waals surface area contributed by atoms with E-state index in [-0.39, 0.29) is 5.70 Å². The highest BCUT2D eigenvalue weighted by Gasteiger charge is 2.11. The van der Waals surface area contributed by atoms with Crippen molar-refractivity contribution >= 4 is 45.3 Å². The minimum absolute atomic E-state index is 0.0779. The van der Waals surface area contributed by atoms with Gasteiger partial charge >= 0.3 is 5.97 Å². The molecule has 1 aromatic heterocycles. The van der Waals surface area contributed by atoms with Crippen LogP contribution in [0.5, 0.6) is 0 Å². The molecular formula is C13H11BrN2O3. The van der Waals surface area contributed by atoms with Crippen molar-refractivity contribution in [3.8, 4) is 0 Å². The lowest BCUT2D eigenvalue weighted by Gasteiger charge is -2.03. The van der Waals surface area contributed by atoms with Crippen molar-refractivity contribution in [3.05, 3.63) is 40.1 Å². The highest BCUT2D eigenvalue weighted by Crippen LogP contribution is 2.28. The number of halogens is 1. The maximum Gasteiger partial charge on any atom is 0.354 e. The monoisotopic (exact) mass is 322 g/mol. The molecule has 0 spiro atoms. The molecule has 2 N–H and O–H groups in total. The zero-order chi connectivity index (χ0) is 13.8. The van der Waals surface area contributed by atoms with Gasteiger partial charge in [-0.15, -0.1) is 0 Å². The second kappa shape index (κ2) is 5.71. The van der Waals surface area contributed by atoms with Crippen LogP contribution in [0.1, 0.15) is 5.56 Å². The van der Waals surface area contributed by atoms with Crippen LogP contribution in [0.4, 0.5) is 0 Å². The Morgan fingerprint density at radius 2 is 2.26 bits per heavy atom.